The second-order valence-corrected chi connectivity index (χ2v) is 5.56. The Morgan fingerprint density at radius 2 is 1.90 bits per heavy atom. The molecule has 0 saturated carbocycles. The summed E-state index contributed by atoms with van der Waals surface area (Å²) < 4.78 is 13.6. The highest BCUT2D eigenvalue weighted by Gasteiger charge is 2.21. The number of halogens is 2. The number of benzene rings is 2. The zero-order valence-electron chi connectivity index (χ0n) is 12.0. The van der Waals surface area contributed by atoms with Crippen LogP contribution >= 0.6 is 11.6 Å². The number of nitrogens with two attached hydrogens (primary N) is 1. The molecule has 0 heterocycles. The summed E-state index contributed by atoms with van der Waals surface area (Å²) in [6, 6.07) is 15.2. The highest BCUT2D eigenvalue weighted by molar-refractivity contribution is 6.30. The lowest BCUT2D eigenvalue weighted by molar-refractivity contribution is 0.427. The molecule has 4 heteroatoms. The topological polar surface area (TPSA) is 38.0 Å². The largest absolute Gasteiger partial charge is 0.271 e. The third kappa shape index (κ3) is 4.03. The summed E-state index contributed by atoms with van der Waals surface area (Å²) in [5, 5.41) is 0.145. The molecular formula is C17H20ClFN2. The molecule has 0 saturated heterocycles. The Kier molecular flexibility index (Phi) is 5.74. The molecule has 0 radical (unpaired) electrons. The van der Waals surface area contributed by atoms with Crippen LogP contribution in [0.1, 0.15) is 30.4 Å². The van der Waals surface area contributed by atoms with Crippen LogP contribution in [0.3, 0.4) is 0 Å². The summed E-state index contributed by atoms with van der Waals surface area (Å²) >= 11 is 5.72. The Morgan fingerprint density at radius 3 is 2.48 bits per heavy atom. The van der Waals surface area contributed by atoms with E-state index in [1.807, 2.05) is 24.3 Å². The van der Waals surface area contributed by atoms with Gasteiger partial charge < -0.3 is 0 Å². The highest BCUT2D eigenvalue weighted by Crippen LogP contribution is 2.26. The molecule has 0 spiro atoms. The first-order chi connectivity index (χ1) is 10.2. The molecule has 0 fully saturated rings. The van der Waals surface area contributed by atoms with Gasteiger partial charge in [0.2, 0.25) is 0 Å². The van der Waals surface area contributed by atoms with Gasteiger partial charge in [0.05, 0.1) is 5.02 Å². The molecule has 0 aliphatic rings. The van der Waals surface area contributed by atoms with Crippen molar-refractivity contribution in [2.24, 2.45) is 5.84 Å². The minimum absolute atomic E-state index is 0.0398. The average Bonchev–Trinajstić information content (AvgIpc) is 2.51. The maximum atomic E-state index is 13.6. The van der Waals surface area contributed by atoms with E-state index in [0.717, 1.165) is 12.0 Å². The fourth-order valence-electron chi connectivity index (χ4n) is 2.69. The van der Waals surface area contributed by atoms with Crippen molar-refractivity contribution in [1.82, 2.24) is 5.43 Å². The second-order valence-electron chi connectivity index (χ2n) is 5.15. The predicted octanol–water partition coefficient (Wildman–Crippen LogP) is 4.05. The third-order valence-electron chi connectivity index (χ3n) is 3.81. The molecule has 2 nitrogen and oxygen atoms in total. The smallest absolute Gasteiger partial charge is 0.142 e. The first kappa shape index (κ1) is 16.0. The van der Waals surface area contributed by atoms with E-state index in [0.29, 0.717) is 6.42 Å². The predicted molar refractivity (Wildman–Crippen MR) is 85.7 cm³/mol. The zero-order valence-corrected chi connectivity index (χ0v) is 12.8. The summed E-state index contributed by atoms with van der Waals surface area (Å²) in [7, 11) is 0. The second kappa shape index (κ2) is 7.55. The Morgan fingerprint density at radius 1 is 1.19 bits per heavy atom. The monoisotopic (exact) mass is 306 g/mol. The van der Waals surface area contributed by atoms with Crippen LogP contribution in [0.15, 0.2) is 48.5 Å². The molecule has 0 aromatic heterocycles. The van der Waals surface area contributed by atoms with Crippen molar-refractivity contribution in [2.45, 2.75) is 31.7 Å². The molecule has 2 unspecified atom stereocenters. The van der Waals surface area contributed by atoms with Crippen molar-refractivity contribution in [1.29, 1.82) is 0 Å². The molecule has 2 atom stereocenters. The van der Waals surface area contributed by atoms with Crippen LogP contribution in [0.5, 0.6) is 0 Å². The van der Waals surface area contributed by atoms with Crippen LogP contribution in [0.2, 0.25) is 5.02 Å². The minimum atomic E-state index is -0.391. The van der Waals surface area contributed by atoms with Gasteiger partial charge in [0.25, 0.3) is 0 Å². The van der Waals surface area contributed by atoms with Gasteiger partial charge in [-0.25, -0.2) is 4.39 Å². The van der Waals surface area contributed by atoms with Crippen molar-refractivity contribution in [3.63, 3.8) is 0 Å². The lowest BCUT2D eigenvalue weighted by Gasteiger charge is -2.26. The van der Waals surface area contributed by atoms with Gasteiger partial charge in [0.15, 0.2) is 0 Å². The molecule has 3 N–H and O–H groups in total. The van der Waals surface area contributed by atoms with E-state index in [9.17, 15) is 4.39 Å². The quantitative estimate of drug-likeness (QED) is 0.624. The van der Waals surface area contributed by atoms with Gasteiger partial charge in [-0.05, 0) is 36.1 Å². The van der Waals surface area contributed by atoms with Gasteiger partial charge in [-0.3, -0.25) is 11.3 Å². The van der Waals surface area contributed by atoms with Gasteiger partial charge in [-0.15, -0.1) is 0 Å². The molecule has 0 bridgehead atoms. The van der Waals surface area contributed by atoms with Crippen molar-refractivity contribution >= 4 is 11.6 Å². The Labute approximate surface area is 130 Å². The van der Waals surface area contributed by atoms with Crippen LogP contribution in [-0.2, 0) is 6.42 Å². The first-order valence-electron chi connectivity index (χ1n) is 7.10. The van der Waals surface area contributed by atoms with E-state index in [1.165, 1.54) is 11.6 Å². The number of hydrogen-bond donors (Lipinski definition) is 2. The van der Waals surface area contributed by atoms with Crippen molar-refractivity contribution in [3.8, 4) is 0 Å². The molecule has 112 valence electrons. The van der Waals surface area contributed by atoms with Crippen molar-refractivity contribution in [3.05, 3.63) is 70.5 Å². The maximum absolute atomic E-state index is 13.6. The first-order valence-corrected chi connectivity index (χ1v) is 7.48. The Bertz CT molecular complexity index is 574. The molecule has 0 aliphatic heterocycles. The average molecular weight is 307 g/mol. The fourth-order valence-corrected chi connectivity index (χ4v) is 2.81. The molecular weight excluding hydrogens is 287 g/mol. The summed E-state index contributed by atoms with van der Waals surface area (Å²) in [4.78, 5) is 0. The van der Waals surface area contributed by atoms with E-state index in [2.05, 4.69) is 24.5 Å². The molecule has 2 aromatic carbocycles. The van der Waals surface area contributed by atoms with E-state index in [-0.39, 0.29) is 17.0 Å². The molecule has 2 aromatic rings. The van der Waals surface area contributed by atoms with E-state index in [1.54, 1.807) is 6.07 Å². The van der Waals surface area contributed by atoms with Gasteiger partial charge in [-0.2, -0.15) is 0 Å². The van der Waals surface area contributed by atoms with Gasteiger partial charge in [0.1, 0.15) is 5.82 Å². The SMILES string of the molecule is CCC(c1ccccc1)C(Cc1ccc(Cl)c(F)c1)NN. The number of hydrogen-bond acceptors (Lipinski definition) is 2. The lowest BCUT2D eigenvalue weighted by atomic mass is 9.86. The maximum Gasteiger partial charge on any atom is 0.142 e. The fraction of sp³-hybridized carbons (Fsp3) is 0.294. The van der Waals surface area contributed by atoms with Crippen LogP contribution < -0.4 is 11.3 Å². The Balaban J connectivity index is 2.19. The van der Waals surface area contributed by atoms with Gasteiger partial charge >= 0.3 is 0 Å². The summed E-state index contributed by atoms with van der Waals surface area (Å²) in [6.07, 6.45) is 1.60. The number of hydrazine groups is 1. The van der Waals surface area contributed by atoms with E-state index < -0.39 is 5.82 Å². The van der Waals surface area contributed by atoms with Crippen LogP contribution in [-0.4, -0.2) is 6.04 Å². The van der Waals surface area contributed by atoms with Crippen LogP contribution in [0, 0.1) is 5.82 Å². The summed E-state index contributed by atoms with van der Waals surface area (Å²) in [5.41, 5.74) is 5.00. The lowest BCUT2D eigenvalue weighted by Crippen LogP contribution is -2.41. The molecule has 21 heavy (non-hydrogen) atoms. The van der Waals surface area contributed by atoms with Gasteiger partial charge in [-0.1, -0.05) is 54.9 Å². The molecule has 0 amide bonds. The summed E-state index contributed by atoms with van der Waals surface area (Å²) in [6.45, 7) is 2.13. The summed E-state index contributed by atoms with van der Waals surface area (Å²) in [5.74, 6) is 5.61. The molecule has 0 aliphatic carbocycles. The van der Waals surface area contributed by atoms with Crippen LogP contribution in [0.4, 0.5) is 4.39 Å². The Hall–Kier alpha value is -1.42. The zero-order chi connectivity index (χ0) is 15.2. The minimum Gasteiger partial charge on any atom is -0.271 e. The van der Waals surface area contributed by atoms with E-state index >= 15 is 0 Å². The van der Waals surface area contributed by atoms with E-state index in [4.69, 9.17) is 17.4 Å². The number of nitrogens with one attached hydrogen (secondary N) is 1. The van der Waals surface area contributed by atoms with Crippen molar-refractivity contribution in [2.75, 3.05) is 0 Å². The standard InChI is InChI=1S/C17H20ClFN2/c1-2-14(13-6-4-3-5-7-13)17(21-20)11-12-8-9-15(18)16(19)10-12/h3-10,14,17,21H,2,11,20H2,1H3. The van der Waals surface area contributed by atoms with Crippen molar-refractivity contribution < 1.29 is 4.39 Å². The third-order valence-corrected chi connectivity index (χ3v) is 4.11. The van der Waals surface area contributed by atoms with Gasteiger partial charge in [0, 0.05) is 12.0 Å². The molecule has 2 rings (SSSR count). The van der Waals surface area contributed by atoms with Crippen LogP contribution in [0.25, 0.3) is 0 Å². The normalized spacial score (nSPS) is 13.9. The highest BCUT2D eigenvalue weighted by atomic mass is 35.5. The number of rotatable bonds is 6.